The molecule has 0 saturated heterocycles. The summed E-state index contributed by atoms with van der Waals surface area (Å²) >= 11 is 9.63. The van der Waals surface area contributed by atoms with Crippen LogP contribution in [0.1, 0.15) is 17.2 Å². The summed E-state index contributed by atoms with van der Waals surface area (Å²) in [6, 6.07) is 13.4. The highest BCUT2D eigenvalue weighted by atomic mass is 79.9. The molecule has 0 bridgehead atoms. The number of rotatable bonds is 4. The lowest BCUT2D eigenvalue weighted by Crippen LogP contribution is -2.14. The van der Waals surface area contributed by atoms with Gasteiger partial charge in [-0.1, -0.05) is 45.7 Å². The Bertz CT molecular complexity index is 574. The maximum atomic E-state index is 6.25. The number of methoxy groups -OCH3 is 1. The van der Waals surface area contributed by atoms with Crippen LogP contribution in [0.4, 0.5) is 0 Å². The second kappa shape index (κ2) is 6.42. The van der Waals surface area contributed by atoms with E-state index in [0.717, 1.165) is 21.3 Å². The first-order valence-corrected chi connectivity index (χ1v) is 7.11. The van der Waals surface area contributed by atoms with Crippen LogP contribution in [0.25, 0.3) is 0 Å². The summed E-state index contributed by atoms with van der Waals surface area (Å²) in [7, 11) is 1.66. The van der Waals surface area contributed by atoms with Crippen LogP contribution in [0.2, 0.25) is 5.02 Å². The van der Waals surface area contributed by atoms with E-state index in [9.17, 15) is 0 Å². The lowest BCUT2D eigenvalue weighted by atomic mass is 9.99. The zero-order valence-electron chi connectivity index (χ0n) is 10.6. The van der Waals surface area contributed by atoms with Crippen molar-refractivity contribution in [3.63, 3.8) is 0 Å². The first-order valence-electron chi connectivity index (χ1n) is 5.94. The molecular formula is C15H15BrClNO. The molecule has 2 aromatic carbocycles. The molecule has 2 aromatic rings. The van der Waals surface area contributed by atoms with Gasteiger partial charge in [0.1, 0.15) is 5.75 Å². The minimum absolute atomic E-state index is 0.156. The van der Waals surface area contributed by atoms with E-state index in [1.54, 1.807) is 7.11 Å². The highest BCUT2D eigenvalue weighted by Gasteiger charge is 2.13. The normalized spacial score (nSPS) is 12.2. The SMILES string of the molecule is COc1ccc(Br)cc1CC(N)c1ccccc1Cl. The van der Waals surface area contributed by atoms with Gasteiger partial charge in [-0.15, -0.1) is 0 Å². The van der Waals surface area contributed by atoms with E-state index in [-0.39, 0.29) is 6.04 Å². The third-order valence-corrected chi connectivity index (χ3v) is 3.82. The predicted molar refractivity (Wildman–Crippen MR) is 82.8 cm³/mol. The van der Waals surface area contributed by atoms with E-state index in [2.05, 4.69) is 15.9 Å². The van der Waals surface area contributed by atoms with E-state index < -0.39 is 0 Å². The van der Waals surface area contributed by atoms with E-state index in [4.69, 9.17) is 22.1 Å². The van der Waals surface area contributed by atoms with Gasteiger partial charge in [0.15, 0.2) is 0 Å². The van der Waals surface area contributed by atoms with Crippen molar-refractivity contribution in [2.45, 2.75) is 12.5 Å². The zero-order chi connectivity index (χ0) is 13.8. The van der Waals surface area contributed by atoms with Gasteiger partial charge in [0.25, 0.3) is 0 Å². The molecule has 0 aliphatic carbocycles. The summed E-state index contributed by atoms with van der Waals surface area (Å²) in [6.45, 7) is 0. The maximum Gasteiger partial charge on any atom is 0.122 e. The van der Waals surface area contributed by atoms with Gasteiger partial charge in [-0.2, -0.15) is 0 Å². The quantitative estimate of drug-likeness (QED) is 0.898. The van der Waals surface area contributed by atoms with Gasteiger partial charge in [0, 0.05) is 15.5 Å². The van der Waals surface area contributed by atoms with Crippen LogP contribution in [0, 0.1) is 0 Å². The van der Waals surface area contributed by atoms with Crippen molar-refractivity contribution in [2.24, 2.45) is 5.73 Å². The summed E-state index contributed by atoms with van der Waals surface area (Å²) in [6.07, 6.45) is 0.673. The molecule has 4 heteroatoms. The second-order valence-corrected chi connectivity index (χ2v) is 5.61. The molecule has 0 heterocycles. The van der Waals surface area contributed by atoms with Crippen molar-refractivity contribution in [1.29, 1.82) is 0 Å². The van der Waals surface area contributed by atoms with Crippen LogP contribution in [0.5, 0.6) is 5.75 Å². The maximum absolute atomic E-state index is 6.25. The van der Waals surface area contributed by atoms with Crippen molar-refractivity contribution >= 4 is 27.5 Å². The fraction of sp³-hybridized carbons (Fsp3) is 0.200. The Morgan fingerprint density at radius 3 is 2.68 bits per heavy atom. The molecule has 2 N–H and O–H groups in total. The van der Waals surface area contributed by atoms with Crippen LogP contribution < -0.4 is 10.5 Å². The topological polar surface area (TPSA) is 35.2 Å². The third kappa shape index (κ3) is 3.50. The highest BCUT2D eigenvalue weighted by molar-refractivity contribution is 9.10. The van der Waals surface area contributed by atoms with Crippen LogP contribution in [0.3, 0.4) is 0 Å². The summed E-state index contributed by atoms with van der Waals surface area (Å²) in [5.74, 6) is 0.839. The van der Waals surface area contributed by atoms with Crippen molar-refractivity contribution < 1.29 is 4.74 Å². The standard InChI is InChI=1S/C15H15BrClNO/c1-19-15-7-6-11(16)8-10(15)9-14(18)12-4-2-3-5-13(12)17/h2-8,14H,9,18H2,1H3. The highest BCUT2D eigenvalue weighted by Crippen LogP contribution is 2.29. The lowest BCUT2D eigenvalue weighted by molar-refractivity contribution is 0.408. The molecule has 19 heavy (non-hydrogen) atoms. The van der Waals surface area contributed by atoms with E-state index >= 15 is 0 Å². The molecular weight excluding hydrogens is 326 g/mol. The van der Waals surface area contributed by atoms with Gasteiger partial charge in [-0.3, -0.25) is 0 Å². The number of hydrogen-bond donors (Lipinski definition) is 1. The molecule has 1 atom stereocenters. The van der Waals surface area contributed by atoms with Crippen LogP contribution in [-0.2, 0) is 6.42 Å². The Morgan fingerprint density at radius 2 is 2.00 bits per heavy atom. The van der Waals surface area contributed by atoms with Gasteiger partial charge < -0.3 is 10.5 Å². The van der Waals surface area contributed by atoms with Crippen LogP contribution in [0.15, 0.2) is 46.9 Å². The first kappa shape index (κ1) is 14.4. The fourth-order valence-corrected chi connectivity index (χ4v) is 2.71. The van der Waals surface area contributed by atoms with Gasteiger partial charge in [-0.05, 0) is 41.8 Å². The van der Waals surface area contributed by atoms with E-state index in [1.165, 1.54) is 0 Å². The Hall–Kier alpha value is -1.03. The third-order valence-electron chi connectivity index (χ3n) is 2.99. The Kier molecular flexibility index (Phi) is 4.86. The number of halogens is 2. The molecule has 1 unspecified atom stereocenters. The van der Waals surface area contributed by atoms with Crippen molar-refractivity contribution in [3.8, 4) is 5.75 Å². The zero-order valence-corrected chi connectivity index (χ0v) is 12.9. The second-order valence-electron chi connectivity index (χ2n) is 4.29. The number of ether oxygens (including phenoxy) is 1. The van der Waals surface area contributed by atoms with Crippen molar-refractivity contribution in [1.82, 2.24) is 0 Å². The summed E-state index contributed by atoms with van der Waals surface area (Å²) < 4.78 is 6.37. The molecule has 0 saturated carbocycles. The minimum Gasteiger partial charge on any atom is -0.496 e. The molecule has 2 nitrogen and oxygen atoms in total. The Labute approximate surface area is 126 Å². The summed E-state index contributed by atoms with van der Waals surface area (Å²) in [5, 5.41) is 0.698. The molecule has 0 spiro atoms. The lowest BCUT2D eigenvalue weighted by Gasteiger charge is -2.16. The first-order chi connectivity index (χ1) is 9.11. The molecule has 0 aromatic heterocycles. The minimum atomic E-state index is -0.156. The van der Waals surface area contributed by atoms with Crippen molar-refractivity contribution in [3.05, 3.63) is 63.1 Å². The van der Waals surface area contributed by atoms with Crippen LogP contribution >= 0.6 is 27.5 Å². The molecule has 0 aliphatic rings. The molecule has 0 fully saturated rings. The smallest absolute Gasteiger partial charge is 0.122 e. The van der Waals surface area contributed by atoms with Gasteiger partial charge >= 0.3 is 0 Å². The number of nitrogens with two attached hydrogens (primary N) is 1. The van der Waals surface area contributed by atoms with E-state index in [1.807, 2.05) is 42.5 Å². The van der Waals surface area contributed by atoms with E-state index in [0.29, 0.717) is 11.4 Å². The average molecular weight is 341 g/mol. The molecule has 0 aliphatic heterocycles. The van der Waals surface area contributed by atoms with Gasteiger partial charge in [0.2, 0.25) is 0 Å². The molecule has 100 valence electrons. The van der Waals surface area contributed by atoms with Crippen molar-refractivity contribution in [2.75, 3.05) is 7.11 Å². The largest absolute Gasteiger partial charge is 0.496 e. The summed E-state index contributed by atoms with van der Waals surface area (Å²) in [4.78, 5) is 0. The average Bonchev–Trinajstić information content (AvgIpc) is 2.39. The Balaban J connectivity index is 2.26. The number of hydrogen-bond acceptors (Lipinski definition) is 2. The predicted octanol–water partition coefficient (Wildman–Crippen LogP) is 4.35. The molecule has 0 amide bonds. The molecule has 0 radical (unpaired) electrons. The van der Waals surface area contributed by atoms with Crippen LogP contribution in [-0.4, -0.2) is 7.11 Å². The summed E-state index contributed by atoms with van der Waals surface area (Å²) in [5.41, 5.74) is 8.26. The van der Waals surface area contributed by atoms with Gasteiger partial charge in [-0.25, -0.2) is 0 Å². The molecule has 2 rings (SSSR count). The van der Waals surface area contributed by atoms with Gasteiger partial charge in [0.05, 0.1) is 7.11 Å². The Morgan fingerprint density at radius 1 is 1.26 bits per heavy atom. The monoisotopic (exact) mass is 339 g/mol. The number of benzene rings is 2. The fourth-order valence-electron chi connectivity index (χ4n) is 2.03.